The SMILES string of the molecule is CCCN(C(=O)O)C(=O)c1ccco1.Cl. The molecule has 0 aliphatic carbocycles. The Kier molecular flexibility index (Phi) is 5.48. The van der Waals surface area contributed by atoms with Crippen molar-refractivity contribution < 1.29 is 19.1 Å². The normalized spacial score (nSPS) is 9.13. The Labute approximate surface area is 93.1 Å². The van der Waals surface area contributed by atoms with E-state index in [9.17, 15) is 9.59 Å². The average Bonchev–Trinajstić information content (AvgIpc) is 2.65. The maximum atomic E-state index is 11.5. The number of carbonyl (C=O) groups is 2. The zero-order chi connectivity index (χ0) is 10.6. The molecule has 0 unspecified atom stereocenters. The van der Waals surface area contributed by atoms with Gasteiger partial charge in [0.05, 0.1) is 6.26 Å². The summed E-state index contributed by atoms with van der Waals surface area (Å²) in [5.41, 5.74) is 0. The van der Waals surface area contributed by atoms with Crippen LogP contribution in [0.15, 0.2) is 22.8 Å². The van der Waals surface area contributed by atoms with Gasteiger partial charge < -0.3 is 9.52 Å². The van der Waals surface area contributed by atoms with Gasteiger partial charge in [-0.15, -0.1) is 12.4 Å². The highest BCUT2D eigenvalue weighted by molar-refractivity contribution is 6.00. The van der Waals surface area contributed by atoms with Crippen molar-refractivity contribution in [1.82, 2.24) is 4.90 Å². The van der Waals surface area contributed by atoms with Crippen LogP contribution < -0.4 is 0 Å². The van der Waals surface area contributed by atoms with Gasteiger partial charge in [0.15, 0.2) is 5.76 Å². The van der Waals surface area contributed by atoms with Gasteiger partial charge in [-0.2, -0.15) is 0 Å². The molecule has 0 aromatic carbocycles. The van der Waals surface area contributed by atoms with E-state index >= 15 is 0 Å². The fourth-order valence-corrected chi connectivity index (χ4v) is 1.04. The molecule has 0 aliphatic rings. The summed E-state index contributed by atoms with van der Waals surface area (Å²) >= 11 is 0. The van der Waals surface area contributed by atoms with Crippen LogP contribution in [0.3, 0.4) is 0 Å². The van der Waals surface area contributed by atoms with Gasteiger partial charge in [-0.25, -0.2) is 9.69 Å². The molecule has 1 aromatic heterocycles. The number of rotatable bonds is 3. The molecule has 0 fully saturated rings. The van der Waals surface area contributed by atoms with E-state index in [0.717, 1.165) is 4.90 Å². The molecule has 2 amide bonds. The molecule has 0 radical (unpaired) electrons. The zero-order valence-electron chi connectivity index (χ0n) is 8.17. The molecule has 5 nitrogen and oxygen atoms in total. The second-order valence-corrected chi connectivity index (χ2v) is 2.72. The molecule has 1 N–H and O–H groups in total. The smallest absolute Gasteiger partial charge is 0.414 e. The Balaban J connectivity index is 0.00000196. The molecule has 6 heteroatoms. The van der Waals surface area contributed by atoms with Gasteiger partial charge >= 0.3 is 6.09 Å². The lowest BCUT2D eigenvalue weighted by Gasteiger charge is -2.14. The first-order valence-electron chi connectivity index (χ1n) is 4.25. The number of carboxylic acid groups (broad SMARTS) is 1. The quantitative estimate of drug-likeness (QED) is 0.869. The first-order valence-corrected chi connectivity index (χ1v) is 4.25. The van der Waals surface area contributed by atoms with Crippen molar-refractivity contribution in [1.29, 1.82) is 0 Å². The molecule has 0 spiro atoms. The van der Waals surface area contributed by atoms with Crippen molar-refractivity contribution in [3.8, 4) is 0 Å². The molecule has 0 saturated heterocycles. The van der Waals surface area contributed by atoms with E-state index < -0.39 is 12.0 Å². The summed E-state index contributed by atoms with van der Waals surface area (Å²) in [4.78, 5) is 22.9. The second-order valence-electron chi connectivity index (χ2n) is 2.72. The molecule has 15 heavy (non-hydrogen) atoms. The summed E-state index contributed by atoms with van der Waals surface area (Å²) in [6.07, 6.45) is 0.658. The Morgan fingerprint density at radius 3 is 2.60 bits per heavy atom. The zero-order valence-corrected chi connectivity index (χ0v) is 8.99. The second kappa shape index (κ2) is 6.08. The number of nitrogens with zero attached hydrogens (tertiary/aromatic N) is 1. The first-order chi connectivity index (χ1) is 6.66. The van der Waals surface area contributed by atoms with Crippen LogP contribution in [0.1, 0.15) is 23.9 Å². The van der Waals surface area contributed by atoms with Crippen molar-refractivity contribution in [2.45, 2.75) is 13.3 Å². The third kappa shape index (κ3) is 3.28. The number of carbonyl (C=O) groups excluding carboxylic acids is 1. The van der Waals surface area contributed by atoms with Gasteiger partial charge in [-0.05, 0) is 18.6 Å². The maximum absolute atomic E-state index is 11.5. The minimum absolute atomic E-state index is 0. The van der Waals surface area contributed by atoms with Crippen molar-refractivity contribution in [3.05, 3.63) is 24.2 Å². The molecule has 0 saturated carbocycles. The van der Waals surface area contributed by atoms with Crippen molar-refractivity contribution in [2.75, 3.05) is 6.54 Å². The standard InChI is InChI=1S/C9H11NO4.ClH/c1-2-5-10(9(12)13)8(11)7-4-3-6-14-7;/h3-4,6H,2,5H2,1H3,(H,12,13);1H. The average molecular weight is 234 g/mol. The molecular formula is C9H12ClNO4. The highest BCUT2D eigenvalue weighted by Crippen LogP contribution is 2.06. The van der Waals surface area contributed by atoms with Gasteiger partial charge in [0.2, 0.25) is 0 Å². The molecule has 1 rings (SSSR count). The van der Waals surface area contributed by atoms with Crippen LogP contribution in [0.25, 0.3) is 0 Å². The summed E-state index contributed by atoms with van der Waals surface area (Å²) in [7, 11) is 0. The lowest BCUT2D eigenvalue weighted by atomic mass is 10.3. The van der Waals surface area contributed by atoms with Gasteiger partial charge in [0.1, 0.15) is 0 Å². The van der Waals surface area contributed by atoms with Crippen molar-refractivity contribution in [3.63, 3.8) is 0 Å². The predicted molar refractivity (Wildman–Crippen MR) is 55.3 cm³/mol. The topological polar surface area (TPSA) is 70.8 Å². The number of imide groups is 1. The van der Waals surface area contributed by atoms with Crippen LogP contribution in [0.5, 0.6) is 0 Å². The van der Waals surface area contributed by atoms with Crippen LogP contribution in [-0.2, 0) is 0 Å². The minimum Gasteiger partial charge on any atom is -0.465 e. The fourth-order valence-electron chi connectivity index (χ4n) is 1.04. The van der Waals surface area contributed by atoms with E-state index in [1.54, 1.807) is 13.0 Å². The molecule has 1 aromatic rings. The molecule has 0 bridgehead atoms. The van der Waals surface area contributed by atoms with E-state index in [2.05, 4.69) is 0 Å². The first kappa shape index (κ1) is 13.5. The summed E-state index contributed by atoms with van der Waals surface area (Å²) in [5.74, 6) is -0.579. The summed E-state index contributed by atoms with van der Waals surface area (Å²) < 4.78 is 4.82. The monoisotopic (exact) mass is 233 g/mol. The number of halogens is 1. The van der Waals surface area contributed by atoms with Crippen molar-refractivity contribution in [2.24, 2.45) is 0 Å². The highest BCUT2D eigenvalue weighted by Gasteiger charge is 2.22. The minimum atomic E-state index is -1.26. The fraction of sp³-hybridized carbons (Fsp3) is 0.333. The van der Waals surface area contributed by atoms with E-state index in [-0.39, 0.29) is 24.7 Å². The third-order valence-electron chi connectivity index (χ3n) is 1.66. The Bertz CT molecular complexity index is 323. The van der Waals surface area contributed by atoms with Crippen LogP contribution in [0.2, 0.25) is 0 Å². The lowest BCUT2D eigenvalue weighted by Crippen LogP contribution is -2.36. The van der Waals surface area contributed by atoms with Crippen LogP contribution in [0, 0.1) is 0 Å². The van der Waals surface area contributed by atoms with Crippen LogP contribution in [-0.4, -0.2) is 28.6 Å². The Hall–Kier alpha value is -1.49. The van der Waals surface area contributed by atoms with Gasteiger partial charge in [-0.1, -0.05) is 6.92 Å². The third-order valence-corrected chi connectivity index (χ3v) is 1.66. The van der Waals surface area contributed by atoms with E-state index in [4.69, 9.17) is 9.52 Å². The Morgan fingerprint density at radius 2 is 2.20 bits per heavy atom. The maximum Gasteiger partial charge on any atom is 0.414 e. The van der Waals surface area contributed by atoms with Crippen molar-refractivity contribution >= 4 is 24.4 Å². The highest BCUT2D eigenvalue weighted by atomic mass is 35.5. The van der Waals surface area contributed by atoms with E-state index in [1.165, 1.54) is 12.3 Å². The van der Waals surface area contributed by atoms with Crippen LogP contribution >= 0.6 is 12.4 Å². The van der Waals surface area contributed by atoms with E-state index in [1.807, 2.05) is 0 Å². The molecule has 0 atom stereocenters. The summed E-state index contributed by atoms with van der Waals surface area (Å²) in [6, 6.07) is 2.98. The molecular weight excluding hydrogens is 222 g/mol. The summed E-state index contributed by atoms with van der Waals surface area (Å²) in [6.45, 7) is 1.97. The Morgan fingerprint density at radius 1 is 1.53 bits per heavy atom. The number of furan rings is 1. The van der Waals surface area contributed by atoms with E-state index in [0.29, 0.717) is 6.42 Å². The van der Waals surface area contributed by atoms with Gasteiger partial charge in [0.25, 0.3) is 5.91 Å². The number of amides is 2. The largest absolute Gasteiger partial charge is 0.465 e. The predicted octanol–water partition coefficient (Wildman–Crippen LogP) is 2.23. The number of hydrogen-bond donors (Lipinski definition) is 1. The molecule has 1 heterocycles. The van der Waals surface area contributed by atoms with Gasteiger partial charge in [-0.3, -0.25) is 4.79 Å². The lowest BCUT2D eigenvalue weighted by molar-refractivity contribution is 0.0712. The van der Waals surface area contributed by atoms with Gasteiger partial charge in [0, 0.05) is 6.54 Å². The van der Waals surface area contributed by atoms with Crippen LogP contribution in [0.4, 0.5) is 4.79 Å². The molecule has 84 valence electrons. The summed E-state index contributed by atoms with van der Waals surface area (Å²) in [5, 5.41) is 8.74. The molecule has 0 aliphatic heterocycles. The number of hydrogen-bond acceptors (Lipinski definition) is 3.